The van der Waals surface area contributed by atoms with Crippen LogP contribution in [0.15, 0.2) is 60.8 Å². The summed E-state index contributed by atoms with van der Waals surface area (Å²) in [6, 6.07) is 0. The third-order valence-corrected chi connectivity index (χ3v) is 5.35. The maximum atomic E-state index is 11.8. The number of hydrogen-bond acceptors (Lipinski definition) is 6. The molecular weight excluding hydrogens is 468 g/mol. The van der Waals surface area contributed by atoms with Crippen LogP contribution in [0.4, 0.5) is 0 Å². The number of unbranched alkanes of at least 4 members (excludes halogenated alkanes) is 5. The van der Waals surface area contributed by atoms with E-state index in [2.05, 4.69) is 32.1 Å². The molecule has 0 bridgehead atoms. The number of ether oxygens (including phenoxy) is 2. The fourth-order valence-electron chi connectivity index (χ4n) is 3.20. The summed E-state index contributed by atoms with van der Waals surface area (Å²) in [7, 11) is 0. The van der Waals surface area contributed by atoms with Crippen LogP contribution in [0.1, 0.15) is 97.3 Å². The largest absolute Gasteiger partial charge is 0.463 e. The van der Waals surface area contributed by atoms with Crippen LogP contribution in [0.2, 0.25) is 0 Å². The van der Waals surface area contributed by atoms with Gasteiger partial charge in [0.25, 0.3) is 0 Å². The van der Waals surface area contributed by atoms with Gasteiger partial charge in [-0.05, 0) is 44.9 Å². The van der Waals surface area contributed by atoms with Crippen molar-refractivity contribution in [1.82, 2.24) is 0 Å². The maximum Gasteiger partial charge on any atom is 0.305 e. The highest BCUT2D eigenvalue weighted by Gasteiger charge is 2.11. The SMILES string of the molecule is CC/C=C\C/C=C\CC(O)/C=C/C=C\C/C=C\CCCC(=O)OC[C@H](O)COC(=O)CCCCCCC. The first-order valence-corrected chi connectivity index (χ1v) is 13.9. The van der Waals surface area contributed by atoms with E-state index in [1.165, 1.54) is 6.42 Å². The molecule has 37 heavy (non-hydrogen) atoms. The summed E-state index contributed by atoms with van der Waals surface area (Å²) in [4.78, 5) is 23.4. The van der Waals surface area contributed by atoms with Gasteiger partial charge in [-0.1, -0.05) is 100 Å². The molecule has 0 spiro atoms. The zero-order chi connectivity index (χ0) is 27.4. The summed E-state index contributed by atoms with van der Waals surface area (Å²) in [5.41, 5.74) is 0. The highest BCUT2D eigenvalue weighted by Crippen LogP contribution is 2.06. The van der Waals surface area contributed by atoms with E-state index in [9.17, 15) is 19.8 Å². The molecule has 0 heterocycles. The first-order valence-electron chi connectivity index (χ1n) is 13.9. The number of carbonyl (C=O) groups is 2. The summed E-state index contributed by atoms with van der Waals surface area (Å²) < 4.78 is 10.1. The number of aliphatic hydroxyl groups excluding tert-OH is 2. The molecule has 0 rings (SSSR count). The molecule has 2 N–H and O–H groups in total. The van der Waals surface area contributed by atoms with E-state index in [1.54, 1.807) is 6.08 Å². The number of hydrogen-bond donors (Lipinski definition) is 2. The zero-order valence-corrected chi connectivity index (χ0v) is 23.1. The number of allylic oxidation sites excluding steroid dienone is 8. The van der Waals surface area contributed by atoms with E-state index in [1.807, 2.05) is 36.5 Å². The molecule has 0 amide bonds. The van der Waals surface area contributed by atoms with E-state index in [0.29, 0.717) is 19.3 Å². The van der Waals surface area contributed by atoms with Gasteiger partial charge in [0.05, 0.1) is 6.10 Å². The van der Waals surface area contributed by atoms with E-state index in [-0.39, 0.29) is 31.6 Å². The number of rotatable bonds is 23. The predicted octanol–water partition coefficient (Wildman–Crippen LogP) is 6.69. The van der Waals surface area contributed by atoms with Crippen LogP contribution in [-0.4, -0.2) is 47.6 Å². The first-order chi connectivity index (χ1) is 18.0. The average molecular weight is 519 g/mol. The quantitative estimate of drug-likeness (QED) is 0.0678. The van der Waals surface area contributed by atoms with Gasteiger partial charge in [0.2, 0.25) is 0 Å². The van der Waals surface area contributed by atoms with Crippen LogP contribution < -0.4 is 0 Å². The van der Waals surface area contributed by atoms with E-state index in [4.69, 9.17) is 9.47 Å². The third kappa shape index (κ3) is 26.4. The second-order valence-corrected chi connectivity index (χ2v) is 8.99. The molecule has 0 aromatic carbocycles. The molecule has 0 saturated carbocycles. The average Bonchev–Trinajstić information content (AvgIpc) is 2.89. The minimum Gasteiger partial charge on any atom is -0.463 e. The molecule has 0 aliphatic heterocycles. The molecule has 2 atom stereocenters. The minimum atomic E-state index is -1.00. The van der Waals surface area contributed by atoms with Crippen molar-refractivity contribution in [2.45, 2.75) is 110 Å². The fourth-order valence-corrected chi connectivity index (χ4v) is 3.20. The van der Waals surface area contributed by atoms with Gasteiger partial charge < -0.3 is 19.7 Å². The Morgan fingerprint density at radius 3 is 2.03 bits per heavy atom. The van der Waals surface area contributed by atoms with Gasteiger partial charge in [0, 0.05) is 12.8 Å². The third-order valence-electron chi connectivity index (χ3n) is 5.35. The van der Waals surface area contributed by atoms with Crippen LogP contribution in [0.3, 0.4) is 0 Å². The van der Waals surface area contributed by atoms with Crippen molar-refractivity contribution in [1.29, 1.82) is 0 Å². The van der Waals surface area contributed by atoms with Crippen LogP contribution in [0.5, 0.6) is 0 Å². The van der Waals surface area contributed by atoms with Crippen LogP contribution in [-0.2, 0) is 19.1 Å². The molecule has 1 unspecified atom stereocenters. The van der Waals surface area contributed by atoms with E-state index in [0.717, 1.165) is 51.4 Å². The highest BCUT2D eigenvalue weighted by molar-refractivity contribution is 5.69. The Bertz CT molecular complexity index is 704. The molecule has 6 nitrogen and oxygen atoms in total. The molecule has 210 valence electrons. The van der Waals surface area contributed by atoms with Gasteiger partial charge in [-0.2, -0.15) is 0 Å². The normalized spacial score (nSPS) is 13.9. The summed E-state index contributed by atoms with van der Waals surface area (Å²) >= 11 is 0. The lowest BCUT2D eigenvalue weighted by atomic mass is 10.1. The van der Waals surface area contributed by atoms with Gasteiger partial charge in [-0.3, -0.25) is 9.59 Å². The monoisotopic (exact) mass is 518 g/mol. The maximum absolute atomic E-state index is 11.8. The molecule has 0 saturated heterocycles. The summed E-state index contributed by atoms with van der Waals surface area (Å²) in [6.45, 7) is 3.93. The molecule has 0 aromatic heterocycles. The molecule has 0 aliphatic carbocycles. The summed E-state index contributed by atoms with van der Waals surface area (Å²) in [5.74, 6) is -0.693. The molecule has 0 aliphatic rings. The minimum absolute atomic E-state index is 0.153. The molecule has 0 radical (unpaired) electrons. The molecular formula is C31H50O6. The second-order valence-electron chi connectivity index (χ2n) is 8.99. The van der Waals surface area contributed by atoms with Crippen molar-refractivity contribution in [3.63, 3.8) is 0 Å². The van der Waals surface area contributed by atoms with E-state index < -0.39 is 12.2 Å². The van der Waals surface area contributed by atoms with Crippen LogP contribution in [0, 0.1) is 0 Å². The molecule has 0 fully saturated rings. The van der Waals surface area contributed by atoms with Crippen molar-refractivity contribution < 1.29 is 29.3 Å². The predicted molar refractivity (Wildman–Crippen MR) is 151 cm³/mol. The number of aliphatic hydroxyl groups is 2. The molecule has 6 heteroatoms. The zero-order valence-electron chi connectivity index (χ0n) is 23.1. The Morgan fingerprint density at radius 2 is 1.32 bits per heavy atom. The Labute approximate surface area is 224 Å². The Kier molecular flexibility index (Phi) is 24.9. The fraction of sp³-hybridized carbons (Fsp3) is 0.613. The van der Waals surface area contributed by atoms with Gasteiger partial charge in [-0.25, -0.2) is 0 Å². The van der Waals surface area contributed by atoms with Crippen LogP contribution >= 0.6 is 0 Å². The van der Waals surface area contributed by atoms with E-state index >= 15 is 0 Å². The van der Waals surface area contributed by atoms with Crippen molar-refractivity contribution in [2.75, 3.05) is 13.2 Å². The summed E-state index contributed by atoms with van der Waals surface area (Å²) in [5, 5.41) is 19.7. The van der Waals surface area contributed by atoms with Crippen molar-refractivity contribution in [2.24, 2.45) is 0 Å². The van der Waals surface area contributed by atoms with Crippen molar-refractivity contribution in [3.05, 3.63) is 60.8 Å². The van der Waals surface area contributed by atoms with Gasteiger partial charge in [-0.15, -0.1) is 0 Å². The number of esters is 2. The Morgan fingerprint density at radius 1 is 0.703 bits per heavy atom. The van der Waals surface area contributed by atoms with Gasteiger partial charge in [0.15, 0.2) is 0 Å². The van der Waals surface area contributed by atoms with Crippen molar-refractivity contribution >= 4 is 11.9 Å². The van der Waals surface area contributed by atoms with Crippen LogP contribution in [0.25, 0.3) is 0 Å². The lowest BCUT2D eigenvalue weighted by Gasteiger charge is -2.12. The highest BCUT2D eigenvalue weighted by atomic mass is 16.6. The van der Waals surface area contributed by atoms with Crippen molar-refractivity contribution in [3.8, 4) is 0 Å². The van der Waals surface area contributed by atoms with Gasteiger partial charge in [0.1, 0.15) is 19.3 Å². The standard InChI is InChI=1S/C31H50O6/c1-3-5-7-9-15-18-22-28(32)23-19-16-12-10-11-13-17-21-25-31(35)37-27-29(33)26-36-30(34)24-20-14-8-6-4-2/h5,7,11-13,15-16,18-19,23,28-29,32-33H,3-4,6,8-10,14,17,20-22,24-27H2,1-2H3/b7-5-,13-11-,16-12-,18-15-,23-19+/t28?,29-/m1/s1. The Hall–Kier alpha value is -2.44. The topological polar surface area (TPSA) is 93.1 Å². The molecule has 0 aromatic rings. The lowest BCUT2D eigenvalue weighted by molar-refractivity contribution is -0.152. The smallest absolute Gasteiger partial charge is 0.305 e. The summed E-state index contributed by atoms with van der Waals surface area (Å²) in [6.07, 6.45) is 29.0. The number of carbonyl (C=O) groups excluding carboxylic acids is 2. The van der Waals surface area contributed by atoms with Gasteiger partial charge >= 0.3 is 11.9 Å². The first kappa shape index (κ1) is 34.6. The Balaban J connectivity index is 3.74. The second kappa shape index (κ2) is 26.6. The lowest BCUT2D eigenvalue weighted by Crippen LogP contribution is -2.25.